The molecule has 0 fully saturated rings. The van der Waals surface area contributed by atoms with Gasteiger partial charge in [-0.15, -0.1) is 18.2 Å². The Morgan fingerprint density at radius 3 is 2.49 bits per heavy atom. The maximum Gasteiger partial charge on any atom is 0.217 e. The molecule has 2 atom stereocenters. The maximum absolute atomic E-state index is 10.2. The van der Waals surface area contributed by atoms with Gasteiger partial charge in [-0.3, -0.25) is 4.99 Å². The van der Waals surface area contributed by atoms with Crippen molar-refractivity contribution in [3.05, 3.63) is 95.6 Å². The van der Waals surface area contributed by atoms with Crippen LogP contribution in [0, 0.1) is 17.9 Å². The van der Waals surface area contributed by atoms with Crippen molar-refractivity contribution < 1.29 is 35.6 Å². The van der Waals surface area contributed by atoms with Crippen LogP contribution in [0.4, 0.5) is 0 Å². The second kappa shape index (κ2) is 9.29. The molecule has 1 N–H and O–H groups in total. The second-order valence-electron chi connectivity index (χ2n) is 10.3. The molecule has 2 aliphatic rings. The molecule has 0 spiro atoms. The van der Waals surface area contributed by atoms with E-state index in [-0.39, 0.29) is 38.7 Å². The van der Waals surface area contributed by atoms with Gasteiger partial charge in [0.25, 0.3) is 0 Å². The number of nitrogens with zero attached hydrogens (tertiary/aromatic N) is 2. The van der Waals surface area contributed by atoms with E-state index in [1.54, 1.807) is 18.2 Å². The molecule has 1 aromatic heterocycles. The van der Waals surface area contributed by atoms with Crippen LogP contribution in [0.3, 0.4) is 0 Å². The number of hydrogen-bond acceptors (Lipinski definition) is 5. The van der Waals surface area contributed by atoms with Crippen molar-refractivity contribution >= 4 is 16.8 Å². The van der Waals surface area contributed by atoms with E-state index in [0.717, 1.165) is 17.4 Å². The van der Waals surface area contributed by atoms with Crippen LogP contribution in [0.15, 0.2) is 77.8 Å². The minimum Gasteiger partial charge on any atom is -0.510 e. The van der Waals surface area contributed by atoms with E-state index in [0.29, 0.717) is 23.0 Å². The van der Waals surface area contributed by atoms with Crippen LogP contribution in [-0.2, 0) is 37.8 Å². The van der Waals surface area contributed by atoms with Gasteiger partial charge in [-0.25, -0.2) is 4.98 Å². The van der Waals surface area contributed by atoms with Crippen LogP contribution in [0.1, 0.15) is 44.4 Å². The molecule has 1 aliphatic heterocycles. The summed E-state index contributed by atoms with van der Waals surface area (Å²) >= 11 is 0. The molecule has 4 aromatic rings. The van der Waals surface area contributed by atoms with Gasteiger partial charge < -0.3 is 14.6 Å². The second-order valence-corrected chi connectivity index (χ2v) is 10.3. The van der Waals surface area contributed by atoms with Crippen molar-refractivity contribution in [2.24, 2.45) is 16.8 Å². The molecule has 37 heavy (non-hydrogen) atoms. The third-order valence-electron chi connectivity index (χ3n) is 7.74. The number of phenols is 1. The van der Waals surface area contributed by atoms with Crippen LogP contribution in [-0.4, -0.2) is 21.6 Å². The van der Waals surface area contributed by atoms with Crippen molar-refractivity contribution in [2.45, 2.75) is 45.3 Å². The summed E-state index contributed by atoms with van der Waals surface area (Å²) in [7, 11) is 0. The van der Waals surface area contributed by atoms with Crippen molar-refractivity contribution in [1.82, 2.24) is 4.98 Å². The molecule has 5 nitrogen and oxygen atoms in total. The SMILES string of the molecule is CC(C)[C@@]12Cc3ccccc3[C@]1(C(C)C)N=C(c1[c-]c(Oc3ccc4cccc(O)c4n3)ccc1)O2.[Pt]. The molecule has 0 radical (unpaired) electrons. The average Bonchev–Trinajstić information content (AvgIpc) is 3.36. The third-order valence-corrected chi connectivity index (χ3v) is 7.74. The zero-order valence-electron chi connectivity index (χ0n) is 21.3. The smallest absolute Gasteiger partial charge is 0.217 e. The molecule has 6 heteroatoms. The molecule has 0 unspecified atom stereocenters. The van der Waals surface area contributed by atoms with E-state index >= 15 is 0 Å². The first kappa shape index (κ1) is 25.5. The van der Waals surface area contributed by atoms with Crippen molar-refractivity contribution in [3.8, 4) is 17.4 Å². The molecule has 0 saturated heterocycles. The number of phenolic OH excluding ortho intramolecular Hbond substituents is 1. The van der Waals surface area contributed by atoms with E-state index in [9.17, 15) is 5.11 Å². The Morgan fingerprint density at radius 2 is 1.70 bits per heavy atom. The van der Waals surface area contributed by atoms with E-state index < -0.39 is 11.1 Å². The molecule has 0 saturated carbocycles. The van der Waals surface area contributed by atoms with Crippen LogP contribution < -0.4 is 4.74 Å². The summed E-state index contributed by atoms with van der Waals surface area (Å²) < 4.78 is 12.9. The summed E-state index contributed by atoms with van der Waals surface area (Å²) in [5.74, 6) is 2.11. The largest absolute Gasteiger partial charge is 0.510 e. The van der Waals surface area contributed by atoms with Gasteiger partial charge >= 0.3 is 0 Å². The summed E-state index contributed by atoms with van der Waals surface area (Å²) in [6, 6.07) is 26.6. The Morgan fingerprint density at radius 1 is 0.919 bits per heavy atom. The van der Waals surface area contributed by atoms with Gasteiger partial charge in [0, 0.05) is 44.7 Å². The standard InChI is InChI=1S/C31H29N2O3.Pt/c1-19(2)30-18-23-9-5-6-13-25(23)31(30,20(3)4)33-29(36-30)22-11-7-12-24(17-22)35-27-16-15-21-10-8-14-26(34)28(21)32-27;/h5-16,19-20,34H,18H2,1-4H3;/q-1;/t30-,31-;/m0./s1. The van der Waals surface area contributed by atoms with Gasteiger partial charge in [0.15, 0.2) is 0 Å². The fraction of sp³-hybridized carbons (Fsp3) is 0.290. The van der Waals surface area contributed by atoms with Crippen molar-refractivity contribution in [2.75, 3.05) is 0 Å². The van der Waals surface area contributed by atoms with Gasteiger partial charge in [0.1, 0.15) is 28.3 Å². The molecule has 2 heterocycles. The first-order valence-corrected chi connectivity index (χ1v) is 12.5. The number of aliphatic imine (C=N–C) groups is 1. The number of hydrogen-bond donors (Lipinski definition) is 1. The van der Waals surface area contributed by atoms with Crippen LogP contribution in [0.5, 0.6) is 17.4 Å². The number of ether oxygens (including phenoxy) is 2. The summed E-state index contributed by atoms with van der Waals surface area (Å²) in [6.07, 6.45) is 0.826. The molecule has 0 bridgehead atoms. The van der Waals surface area contributed by atoms with Gasteiger partial charge in [-0.1, -0.05) is 75.7 Å². The first-order valence-electron chi connectivity index (χ1n) is 12.5. The number of pyridine rings is 1. The fourth-order valence-electron chi connectivity index (χ4n) is 6.04. The number of para-hydroxylation sites is 1. The topological polar surface area (TPSA) is 63.9 Å². The van der Waals surface area contributed by atoms with Crippen LogP contribution in [0.2, 0.25) is 0 Å². The Balaban J connectivity index is 0.00000280. The molecular formula is C31H29N2O3Pt-. The number of fused-ring (bicyclic) bond motifs is 4. The van der Waals surface area contributed by atoms with Gasteiger partial charge in [0.05, 0.1) is 0 Å². The molecule has 0 amide bonds. The summed E-state index contributed by atoms with van der Waals surface area (Å²) in [4.78, 5) is 9.83. The van der Waals surface area contributed by atoms with Gasteiger partial charge in [-0.2, -0.15) is 0 Å². The Bertz CT molecular complexity index is 1520. The monoisotopic (exact) mass is 672 g/mol. The zero-order valence-corrected chi connectivity index (χ0v) is 23.5. The van der Waals surface area contributed by atoms with Crippen LogP contribution in [0.25, 0.3) is 10.9 Å². The van der Waals surface area contributed by atoms with Gasteiger partial charge in [-0.05, 0) is 35.1 Å². The van der Waals surface area contributed by atoms with Crippen LogP contribution >= 0.6 is 0 Å². The van der Waals surface area contributed by atoms with Crippen molar-refractivity contribution in [3.63, 3.8) is 0 Å². The molecular weight excluding hydrogens is 643 g/mol. The first-order chi connectivity index (χ1) is 17.3. The predicted octanol–water partition coefficient (Wildman–Crippen LogP) is 6.81. The van der Waals surface area contributed by atoms with E-state index in [1.807, 2.05) is 30.3 Å². The van der Waals surface area contributed by atoms with E-state index in [1.165, 1.54) is 11.1 Å². The predicted molar refractivity (Wildman–Crippen MR) is 141 cm³/mol. The number of rotatable bonds is 5. The fourth-order valence-corrected chi connectivity index (χ4v) is 6.04. The Kier molecular flexibility index (Phi) is 6.40. The number of aromatic hydroxyl groups is 1. The quantitative estimate of drug-likeness (QED) is 0.237. The minimum absolute atomic E-state index is 0. The Hall–Kier alpha value is -3.17. The summed E-state index contributed by atoms with van der Waals surface area (Å²) in [5, 5.41) is 11.0. The maximum atomic E-state index is 10.2. The zero-order chi connectivity index (χ0) is 25.1. The number of aromatic nitrogens is 1. The van der Waals surface area contributed by atoms with E-state index in [4.69, 9.17) is 14.5 Å². The van der Waals surface area contributed by atoms with E-state index in [2.05, 4.69) is 63.0 Å². The normalized spacial score (nSPS) is 21.8. The van der Waals surface area contributed by atoms with Crippen molar-refractivity contribution in [1.29, 1.82) is 0 Å². The molecule has 3 aromatic carbocycles. The Labute approximate surface area is 231 Å². The summed E-state index contributed by atoms with van der Waals surface area (Å²) in [5.41, 5.74) is 2.91. The third kappa shape index (κ3) is 3.78. The molecule has 6 rings (SSSR count). The minimum atomic E-state index is -0.463. The number of benzene rings is 3. The molecule has 1 aliphatic carbocycles. The molecule has 192 valence electrons. The van der Waals surface area contributed by atoms with Gasteiger partial charge in [0.2, 0.25) is 5.88 Å². The summed E-state index contributed by atoms with van der Waals surface area (Å²) in [6.45, 7) is 8.93. The average molecular weight is 673 g/mol.